The van der Waals surface area contributed by atoms with Crippen LogP contribution in [-0.4, -0.2) is 124 Å². The summed E-state index contributed by atoms with van der Waals surface area (Å²) in [5.41, 5.74) is 2.75. The van der Waals surface area contributed by atoms with Crippen molar-refractivity contribution in [2.24, 2.45) is 0 Å². The fourth-order valence-electron chi connectivity index (χ4n) is 5.29. The Hall–Kier alpha value is -3.70. The van der Waals surface area contributed by atoms with Crippen LogP contribution in [0.15, 0.2) is 72.8 Å². The van der Waals surface area contributed by atoms with Gasteiger partial charge in [-0.2, -0.15) is 0 Å². The van der Waals surface area contributed by atoms with E-state index >= 15 is 0 Å². The molecule has 2 aromatic carbocycles. The number of ether oxygens (including phenoxy) is 4. The molecule has 2 atom stereocenters. The lowest BCUT2D eigenvalue weighted by atomic mass is 9.78. The molecule has 49 heavy (non-hydrogen) atoms. The number of carbonyl (C=O) groups is 2. The SMILES string of the molecule is C=C(C)C(=O)OCC[N+](C)(C)CC(O)CCCOc1ccc(C(C)(C)c2ccc(OCC(O)C[N+](C)(C)CCOC(=O)C(=C)C)cc2)cc1. The van der Waals surface area contributed by atoms with Crippen LogP contribution in [0.25, 0.3) is 0 Å². The molecule has 0 saturated heterocycles. The molecule has 2 rings (SSSR count). The van der Waals surface area contributed by atoms with E-state index in [2.05, 4.69) is 39.1 Å². The number of rotatable bonds is 22. The zero-order valence-corrected chi connectivity index (χ0v) is 31.0. The molecule has 2 unspecified atom stereocenters. The van der Waals surface area contributed by atoms with Crippen LogP contribution in [0.4, 0.5) is 0 Å². The molecule has 0 aliphatic heterocycles. The van der Waals surface area contributed by atoms with Gasteiger partial charge in [-0.05, 0) is 62.1 Å². The average Bonchev–Trinajstić information content (AvgIpc) is 3.01. The number of likely N-dealkylation sites (N-methyl/N-ethyl adjacent to an activating group) is 2. The van der Waals surface area contributed by atoms with E-state index in [0.717, 1.165) is 16.9 Å². The van der Waals surface area contributed by atoms with Gasteiger partial charge in [-0.15, -0.1) is 0 Å². The van der Waals surface area contributed by atoms with Crippen LogP contribution in [0.2, 0.25) is 0 Å². The Morgan fingerprint density at radius 3 is 1.53 bits per heavy atom. The van der Waals surface area contributed by atoms with Crippen molar-refractivity contribution < 1.29 is 47.7 Å². The van der Waals surface area contributed by atoms with Gasteiger partial charge in [0.25, 0.3) is 0 Å². The van der Waals surface area contributed by atoms with Crippen molar-refractivity contribution in [3.05, 3.63) is 84.0 Å². The molecule has 0 aliphatic rings. The van der Waals surface area contributed by atoms with Crippen molar-refractivity contribution in [1.29, 1.82) is 0 Å². The second-order valence-electron chi connectivity index (χ2n) is 14.8. The molecule has 0 bridgehead atoms. The molecular weight excluding hydrogens is 624 g/mol. The van der Waals surface area contributed by atoms with Gasteiger partial charge in [-0.1, -0.05) is 51.3 Å². The van der Waals surface area contributed by atoms with E-state index in [1.165, 1.54) is 0 Å². The largest absolute Gasteiger partial charge is 0.494 e. The first-order valence-corrected chi connectivity index (χ1v) is 16.9. The number of nitrogens with zero attached hydrogens (tertiary/aromatic N) is 2. The predicted octanol–water partition coefficient (Wildman–Crippen LogP) is 4.66. The average molecular weight is 685 g/mol. The van der Waals surface area contributed by atoms with E-state index < -0.39 is 24.1 Å². The van der Waals surface area contributed by atoms with Gasteiger partial charge in [0, 0.05) is 16.6 Å². The lowest BCUT2D eigenvalue weighted by molar-refractivity contribution is -0.893. The fraction of sp³-hybridized carbons (Fsp3) is 0.538. The summed E-state index contributed by atoms with van der Waals surface area (Å²) >= 11 is 0. The molecule has 0 saturated carbocycles. The van der Waals surface area contributed by atoms with Gasteiger partial charge in [-0.25, -0.2) is 9.59 Å². The summed E-state index contributed by atoms with van der Waals surface area (Å²) in [4.78, 5) is 23.2. The molecule has 0 heterocycles. The Kier molecular flexibility index (Phi) is 16.0. The Morgan fingerprint density at radius 1 is 0.694 bits per heavy atom. The minimum Gasteiger partial charge on any atom is -0.494 e. The number of benzene rings is 2. The van der Waals surface area contributed by atoms with Crippen LogP contribution in [-0.2, 0) is 24.5 Å². The highest BCUT2D eigenvalue weighted by atomic mass is 16.5. The van der Waals surface area contributed by atoms with Crippen molar-refractivity contribution in [3.63, 3.8) is 0 Å². The van der Waals surface area contributed by atoms with Crippen molar-refractivity contribution >= 4 is 11.9 Å². The molecule has 0 radical (unpaired) electrons. The highest BCUT2D eigenvalue weighted by molar-refractivity contribution is 5.87. The normalized spacial score (nSPS) is 13.3. The van der Waals surface area contributed by atoms with Crippen molar-refractivity contribution in [3.8, 4) is 11.5 Å². The number of aliphatic hydroxyl groups is 2. The molecule has 10 heteroatoms. The van der Waals surface area contributed by atoms with Gasteiger partial charge < -0.3 is 38.1 Å². The molecule has 2 N–H and O–H groups in total. The molecule has 0 fully saturated rings. The number of quaternary nitrogens is 2. The summed E-state index contributed by atoms with van der Waals surface area (Å²) < 4.78 is 23.2. The fourth-order valence-corrected chi connectivity index (χ4v) is 5.29. The standard InChI is InChI=1S/C39H60N2O8/c1-29(2)37(44)47-24-21-40(7,8)26-33(42)12-11-23-46-35-17-13-31(14-18-35)39(5,6)32-15-19-36(20-16-32)49-28-34(43)27-41(9,10)22-25-48-38(45)30(3)4/h13-20,33-34,42-43H,1,3,11-12,21-28H2,2,4-10H3/q+2. The molecular formula is C39H60N2O8+2. The van der Waals surface area contributed by atoms with Gasteiger partial charge in [0.2, 0.25) is 0 Å². The Balaban J connectivity index is 1.78. The minimum atomic E-state index is -0.684. The molecule has 0 aliphatic carbocycles. The summed E-state index contributed by atoms with van der Waals surface area (Å²) in [6, 6.07) is 16.0. The summed E-state index contributed by atoms with van der Waals surface area (Å²) in [7, 11) is 7.95. The van der Waals surface area contributed by atoms with E-state index in [9.17, 15) is 19.8 Å². The summed E-state index contributed by atoms with van der Waals surface area (Å²) in [5, 5.41) is 21.1. The van der Waals surface area contributed by atoms with E-state index in [-0.39, 0.29) is 25.2 Å². The van der Waals surface area contributed by atoms with Crippen molar-refractivity contribution in [1.82, 2.24) is 0 Å². The van der Waals surface area contributed by atoms with Gasteiger partial charge in [-0.3, -0.25) is 0 Å². The first-order chi connectivity index (χ1) is 22.8. The number of hydrogen-bond acceptors (Lipinski definition) is 8. The highest BCUT2D eigenvalue weighted by Crippen LogP contribution is 2.33. The van der Waals surface area contributed by atoms with E-state index in [0.29, 0.717) is 71.5 Å². The monoisotopic (exact) mass is 684 g/mol. The molecule has 2 aromatic rings. The van der Waals surface area contributed by atoms with Gasteiger partial charge in [0.05, 0.1) is 34.8 Å². The van der Waals surface area contributed by atoms with E-state index in [1.54, 1.807) is 13.8 Å². The van der Waals surface area contributed by atoms with Crippen LogP contribution in [0, 0.1) is 0 Å². The molecule has 0 amide bonds. The van der Waals surface area contributed by atoms with Crippen LogP contribution in [0.1, 0.15) is 51.7 Å². The summed E-state index contributed by atoms with van der Waals surface area (Å²) in [6.45, 7) is 18.1. The zero-order valence-electron chi connectivity index (χ0n) is 31.0. The topological polar surface area (TPSA) is 112 Å². The molecule has 0 spiro atoms. The number of hydrogen-bond donors (Lipinski definition) is 2. The molecule has 10 nitrogen and oxygen atoms in total. The third kappa shape index (κ3) is 15.2. The van der Waals surface area contributed by atoms with Crippen LogP contribution < -0.4 is 9.47 Å². The van der Waals surface area contributed by atoms with E-state index in [1.807, 2.05) is 64.6 Å². The third-order valence-corrected chi connectivity index (χ3v) is 8.51. The second-order valence-corrected chi connectivity index (χ2v) is 14.8. The lowest BCUT2D eigenvalue weighted by Crippen LogP contribution is -2.48. The number of esters is 2. The Morgan fingerprint density at radius 2 is 1.10 bits per heavy atom. The predicted molar refractivity (Wildman–Crippen MR) is 192 cm³/mol. The quantitative estimate of drug-likeness (QED) is 0.0798. The molecule has 272 valence electrons. The van der Waals surface area contributed by atoms with Gasteiger partial charge in [0.15, 0.2) is 0 Å². The van der Waals surface area contributed by atoms with Crippen molar-refractivity contribution in [2.75, 3.05) is 80.8 Å². The maximum Gasteiger partial charge on any atom is 0.333 e. The van der Waals surface area contributed by atoms with Gasteiger partial charge in [0.1, 0.15) is 69.7 Å². The Bertz CT molecular complexity index is 1370. The zero-order chi connectivity index (χ0) is 36.8. The smallest absolute Gasteiger partial charge is 0.333 e. The van der Waals surface area contributed by atoms with Crippen LogP contribution >= 0.6 is 0 Å². The summed E-state index contributed by atoms with van der Waals surface area (Å²) in [5.74, 6) is 0.663. The van der Waals surface area contributed by atoms with Crippen molar-refractivity contribution in [2.45, 2.75) is 58.2 Å². The Labute approximate surface area is 293 Å². The highest BCUT2D eigenvalue weighted by Gasteiger charge is 2.25. The number of aliphatic hydroxyl groups excluding tert-OH is 2. The van der Waals surface area contributed by atoms with Crippen LogP contribution in [0.5, 0.6) is 11.5 Å². The minimum absolute atomic E-state index is 0.155. The second kappa shape index (κ2) is 18.9. The van der Waals surface area contributed by atoms with Crippen LogP contribution in [0.3, 0.4) is 0 Å². The molecule has 0 aromatic heterocycles. The maximum absolute atomic E-state index is 11.6. The van der Waals surface area contributed by atoms with E-state index in [4.69, 9.17) is 18.9 Å². The first-order valence-electron chi connectivity index (χ1n) is 16.9. The number of carbonyl (C=O) groups excluding carboxylic acids is 2. The first kappa shape index (κ1) is 41.5. The summed E-state index contributed by atoms with van der Waals surface area (Å²) in [6.07, 6.45) is 0.164. The van der Waals surface area contributed by atoms with Gasteiger partial charge >= 0.3 is 11.9 Å². The lowest BCUT2D eigenvalue weighted by Gasteiger charge is -2.31. The third-order valence-electron chi connectivity index (χ3n) is 8.51. The maximum atomic E-state index is 11.6.